The van der Waals surface area contributed by atoms with E-state index in [0.717, 1.165) is 31.4 Å². The van der Waals surface area contributed by atoms with Gasteiger partial charge in [0.1, 0.15) is 0 Å². The van der Waals surface area contributed by atoms with Crippen LogP contribution in [-0.4, -0.2) is 30.5 Å². The zero-order valence-electron chi connectivity index (χ0n) is 10.4. The number of nitrogens with one attached hydrogen (secondary N) is 1. The van der Waals surface area contributed by atoms with Crippen LogP contribution in [0.25, 0.3) is 0 Å². The number of aliphatic hydroxyl groups is 1. The van der Waals surface area contributed by atoms with Crippen LogP contribution >= 0.6 is 0 Å². The maximum Gasteiger partial charge on any atom is 0.0662 e. The normalized spacial score (nSPS) is 28.9. The molecular weight excluding hydrogens is 214 g/mol. The number of rotatable bonds is 4. The highest BCUT2D eigenvalue weighted by Crippen LogP contribution is 2.32. The number of benzene rings is 1. The van der Waals surface area contributed by atoms with E-state index in [1.54, 1.807) is 7.11 Å². The largest absolute Gasteiger partial charge is 0.394 e. The van der Waals surface area contributed by atoms with Gasteiger partial charge in [0.15, 0.2) is 0 Å². The standard InChI is InChI=1S/C14H21NO2/c1-17-13-8-5-9-14(10-13,11-16)15-12-6-3-2-4-7-12/h2-4,6-7,13,15-16H,5,8-11H2,1H3. The van der Waals surface area contributed by atoms with Crippen molar-refractivity contribution in [3.63, 3.8) is 0 Å². The Morgan fingerprint density at radius 3 is 2.82 bits per heavy atom. The van der Waals surface area contributed by atoms with E-state index in [2.05, 4.69) is 5.32 Å². The predicted octanol–water partition coefficient (Wildman–Crippen LogP) is 2.42. The Kier molecular flexibility index (Phi) is 4.02. The number of aliphatic hydroxyl groups excluding tert-OH is 1. The number of methoxy groups -OCH3 is 1. The molecule has 0 amide bonds. The van der Waals surface area contributed by atoms with Crippen LogP contribution in [0.3, 0.4) is 0 Å². The molecule has 0 aliphatic heterocycles. The molecule has 1 aromatic rings. The smallest absolute Gasteiger partial charge is 0.0662 e. The summed E-state index contributed by atoms with van der Waals surface area (Å²) in [6.45, 7) is 0.155. The SMILES string of the molecule is COC1CCCC(CO)(Nc2ccccc2)C1. The predicted molar refractivity (Wildman–Crippen MR) is 69.1 cm³/mol. The van der Waals surface area contributed by atoms with Gasteiger partial charge in [-0.15, -0.1) is 0 Å². The molecule has 2 atom stereocenters. The molecule has 17 heavy (non-hydrogen) atoms. The van der Waals surface area contributed by atoms with Crippen molar-refractivity contribution in [2.45, 2.75) is 37.3 Å². The number of hydrogen-bond acceptors (Lipinski definition) is 3. The minimum Gasteiger partial charge on any atom is -0.394 e. The van der Waals surface area contributed by atoms with Gasteiger partial charge in [0.05, 0.1) is 18.2 Å². The third-order valence-corrected chi connectivity index (χ3v) is 3.62. The number of hydrogen-bond donors (Lipinski definition) is 2. The summed E-state index contributed by atoms with van der Waals surface area (Å²) in [6.07, 6.45) is 4.31. The summed E-state index contributed by atoms with van der Waals surface area (Å²) in [4.78, 5) is 0. The van der Waals surface area contributed by atoms with Crippen LogP contribution in [0.1, 0.15) is 25.7 Å². The number of ether oxygens (including phenoxy) is 1. The van der Waals surface area contributed by atoms with Crippen molar-refractivity contribution >= 4 is 5.69 Å². The number of para-hydroxylation sites is 1. The van der Waals surface area contributed by atoms with E-state index in [1.165, 1.54) is 0 Å². The first-order valence-corrected chi connectivity index (χ1v) is 6.25. The minimum atomic E-state index is -0.222. The third-order valence-electron chi connectivity index (χ3n) is 3.62. The van der Waals surface area contributed by atoms with Crippen molar-refractivity contribution in [3.05, 3.63) is 30.3 Å². The molecule has 1 fully saturated rings. The number of anilines is 1. The van der Waals surface area contributed by atoms with Crippen molar-refractivity contribution in [1.82, 2.24) is 0 Å². The summed E-state index contributed by atoms with van der Waals surface area (Å²) in [6, 6.07) is 10.1. The first-order chi connectivity index (χ1) is 8.28. The summed E-state index contributed by atoms with van der Waals surface area (Å²) < 4.78 is 5.43. The second kappa shape index (κ2) is 5.52. The van der Waals surface area contributed by atoms with Crippen molar-refractivity contribution in [3.8, 4) is 0 Å². The highest BCUT2D eigenvalue weighted by Gasteiger charge is 2.35. The first kappa shape index (κ1) is 12.4. The molecule has 3 heteroatoms. The van der Waals surface area contributed by atoms with Crippen LogP contribution in [0.4, 0.5) is 5.69 Å². The molecule has 0 radical (unpaired) electrons. The van der Waals surface area contributed by atoms with Gasteiger partial charge in [0.2, 0.25) is 0 Å². The molecule has 0 saturated heterocycles. The van der Waals surface area contributed by atoms with Gasteiger partial charge in [-0.3, -0.25) is 0 Å². The fourth-order valence-corrected chi connectivity index (χ4v) is 2.63. The van der Waals surface area contributed by atoms with Crippen molar-refractivity contribution in [2.24, 2.45) is 0 Å². The topological polar surface area (TPSA) is 41.5 Å². The molecule has 3 nitrogen and oxygen atoms in total. The van der Waals surface area contributed by atoms with E-state index in [0.29, 0.717) is 0 Å². The zero-order valence-corrected chi connectivity index (χ0v) is 10.4. The van der Waals surface area contributed by atoms with Gasteiger partial charge in [0.25, 0.3) is 0 Å². The molecule has 1 aromatic carbocycles. The molecule has 0 aromatic heterocycles. The molecule has 94 valence electrons. The zero-order chi connectivity index (χ0) is 12.1. The van der Waals surface area contributed by atoms with E-state index in [1.807, 2.05) is 30.3 Å². The summed E-state index contributed by atoms with van der Waals surface area (Å²) in [5, 5.41) is 13.2. The van der Waals surface area contributed by atoms with Crippen LogP contribution in [0, 0.1) is 0 Å². The van der Waals surface area contributed by atoms with E-state index >= 15 is 0 Å². The van der Waals surface area contributed by atoms with Gasteiger partial charge in [0, 0.05) is 12.8 Å². The molecule has 0 heterocycles. The van der Waals surface area contributed by atoms with Gasteiger partial charge < -0.3 is 15.2 Å². The Morgan fingerprint density at radius 1 is 1.41 bits per heavy atom. The lowest BCUT2D eigenvalue weighted by atomic mass is 9.80. The Bertz CT molecular complexity index is 341. The highest BCUT2D eigenvalue weighted by atomic mass is 16.5. The quantitative estimate of drug-likeness (QED) is 0.842. The van der Waals surface area contributed by atoms with Crippen LogP contribution in [0.2, 0.25) is 0 Å². The maximum atomic E-state index is 9.70. The van der Waals surface area contributed by atoms with E-state index < -0.39 is 0 Å². The van der Waals surface area contributed by atoms with Crippen LogP contribution in [-0.2, 0) is 4.74 Å². The molecule has 1 saturated carbocycles. The van der Waals surface area contributed by atoms with Crippen molar-refractivity contribution in [2.75, 3.05) is 19.0 Å². The fraction of sp³-hybridized carbons (Fsp3) is 0.571. The summed E-state index contributed by atoms with van der Waals surface area (Å²) in [5.74, 6) is 0. The lowest BCUT2D eigenvalue weighted by molar-refractivity contribution is 0.0307. The first-order valence-electron chi connectivity index (χ1n) is 6.25. The van der Waals surface area contributed by atoms with Gasteiger partial charge >= 0.3 is 0 Å². The Labute approximate surface area is 103 Å². The lowest BCUT2D eigenvalue weighted by Gasteiger charge is -2.40. The van der Waals surface area contributed by atoms with Crippen LogP contribution < -0.4 is 5.32 Å². The van der Waals surface area contributed by atoms with Crippen LogP contribution in [0.5, 0.6) is 0 Å². The Morgan fingerprint density at radius 2 is 2.18 bits per heavy atom. The van der Waals surface area contributed by atoms with Crippen molar-refractivity contribution < 1.29 is 9.84 Å². The lowest BCUT2D eigenvalue weighted by Crippen LogP contribution is -2.48. The van der Waals surface area contributed by atoms with E-state index in [-0.39, 0.29) is 18.2 Å². The molecule has 0 spiro atoms. The monoisotopic (exact) mass is 235 g/mol. The molecular formula is C14H21NO2. The second-order valence-corrected chi connectivity index (χ2v) is 4.88. The molecule has 0 bridgehead atoms. The molecule has 2 rings (SSSR count). The maximum absolute atomic E-state index is 9.70. The average molecular weight is 235 g/mol. The summed E-state index contributed by atoms with van der Waals surface area (Å²) >= 11 is 0. The molecule has 2 unspecified atom stereocenters. The van der Waals surface area contributed by atoms with Crippen molar-refractivity contribution in [1.29, 1.82) is 0 Å². The minimum absolute atomic E-state index is 0.155. The van der Waals surface area contributed by atoms with E-state index in [9.17, 15) is 5.11 Å². The highest BCUT2D eigenvalue weighted by molar-refractivity contribution is 5.45. The van der Waals surface area contributed by atoms with Gasteiger partial charge in [-0.2, -0.15) is 0 Å². The van der Waals surface area contributed by atoms with Gasteiger partial charge in [-0.1, -0.05) is 18.2 Å². The Balaban J connectivity index is 2.08. The average Bonchev–Trinajstić information content (AvgIpc) is 2.40. The second-order valence-electron chi connectivity index (χ2n) is 4.88. The molecule has 2 N–H and O–H groups in total. The van der Waals surface area contributed by atoms with Crippen LogP contribution in [0.15, 0.2) is 30.3 Å². The Hall–Kier alpha value is -1.06. The third kappa shape index (κ3) is 2.99. The van der Waals surface area contributed by atoms with E-state index in [4.69, 9.17) is 4.74 Å². The summed E-state index contributed by atoms with van der Waals surface area (Å²) in [5.41, 5.74) is 0.846. The molecule has 1 aliphatic rings. The fourth-order valence-electron chi connectivity index (χ4n) is 2.63. The molecule has 1 aliphatic carbocycles. The van der Waals surface area contributed by atoms with Gasteiger partial charge in [-0.05, 0) is 37.8 Å². The summed E-state index contributed by atoms with van der Waals surface area (Å²) in [7, 11) is 1.75. The van der Waals surface area contributed by atoms with Gasteiger partial charge in [-0.25, -0.2) is 0 Å².